The van der Waals surface area contributed by atoms with Crippen LogP contribution in [-0.4, -0.2) is 42.1 Å². The Morgan fingerprint density at radius 2 is 1.74 bits per heavy atom. The molecule has 3 aromatic carbocycles. The number of alkyl halides is 3. The normalized spacial score (nSPS) is 17.9. The fraction of sp³-hybridized carbons (Fsp3) is 0.308. The molecule has 0 aliphatic carbocycles. The second-order valence-electron chi connectivity index (χ2n) is 8.28. The topological polar surface area (TPSA) is 67.6 Å². The molecule has 5 nitrogen and oxygen atoms in total. The minimum absolute atomic E-state index is 0.0537. The van der Waals surface area contributed by atoms with E-state index in [0.29, 0.717) is 31.1 Å². The van der Waals surface area contributed by atoms with E-state index in [2.05, 4.69) is 0 Å². The summed E-state index contributed by atoms with van der Waals surface area (Å²) in [5, 5.41) is 22.7. The molecule has 1 aliphatic heterocycles. The molecule has 34 heavy (non-hydrogen) atoms. The highest BCUT2D eigenvalue weighted by Gasteiger charge is 2.55. The molecule has 176 valence electrons. The van der Waals surface area contributed by atoms with E-state index in [-0.39, 0.29) is 23.4 Å². The molecule has 1 heterocycles. The lowest BCUT2D eigenvalue weighted by atomic mass is 9.83. The Morgan fingerprint density at radius 3 is 2.35 bits per heavy atom. The molecular weight excluding hydrogens is 443 g/mol. The Bertz CT molecular complexity index is 1290. The van der Waals surface area contributed by atoms with Crippen molar-refractivity contribution in [3.63, 3.8) is 0 Å². The smallest absolute Gasteiger partial charge is 0.372 e. The summed E-state index contributed by atoms with van der Waals surface area (Å²) in [6.45, 7) is 5.78. The number of nitriles is 1. The van der Waals surface area contributed by atoms with Gasteiger partial charge in [0.25, 0.3) is 5.91 Å². The predicted octanol–water partition coefficient (Wildman–Crippen LogP) is 4.65. The number of carbonyl (C=O) groups excluding carboxylic acids is 1. The second-order valence-corrected chi connectivity index (χ2v) is 8.28. The van der Waals surface area contributed by atoms with Crippen LogP contribution in [0.2, 0.25) is 0 Å². The van der Waals surface area contributed by atoms with E-state index < -0.39 is 28.8 Å². The number of halogens is 3. The molecule has 1 unspecified atom stereocenters. The van der Waals surface area contributed by atoms with Crippen LogP contribution in [0.3, 0.4) is 0 Å². The number of aliphatic hydroxyl groups is 1. The van der Waals surface area contributed by atoms with Crippen LogP contribution in [0.25, 0.3) is 10.8 Å². The highest BCUT2D eigenvalue weighted by Crippen LogP contribution is 2.50. The summed E-state index contributed by atoms with van der Waals surface area (Å²) in [7, 11) is 0. The molecule has 0 saturated carbocycles. The van der Waals surface area contributed by atoms with Crippen molar-refractivity contribution in [2.75, 3.05) is 31.1 Å². The molecule has 8 heteroatoms. The zero-order chi connectivity index (χ0) is 24.7. The molecule has 3 aromatic rings. The van der Waals surface area contributed by atoms with Gasteiger partial charge in [0.15, 0.2) is 5.60 Å². The van der Waals surface area contributed by atoms with Gasteiger partial charge < -0.3 is 14.9 Å². The number of likely N-dealkylation sites (N-methyl/N-ethyl adjacent to an activating group) is 1. The fourth-order valence-corrected chi connectivity index (χ4v) is 4.61. The third-order valence-corrected chi connectivity index (χ3v) is 6.46. The van der Waals surface area contributed by atoms with Crippen LogP contribution in [0.1, 0.15) is 36.1 Å². The molecule has 0 fully saturated rings. The third kappa shape index (κ3) is 3.81. The summed E-state index contributed by atoms with van der Waals surface area (Å²) >= 11 is 0. The van der Waals surface area contributed by atoms with Crippen LogP contribution in [0.5, 0.6) is 0 Å². The van der Waals surface area contributed by atoms with Crippen molar-refractivity contribution >= 4 is 22.4 Å². The number of rotatable bonds is 6. The van der Waals surface area contributed by atoms with E-state index in [9.17, 15) is 28.3 Å². The van der Waals surface area contributed by atoms with Gasteiger partial charge in [-0.2, -0.15) is 18.4 Å². The first-order chi connectivity index (χ1) is 16.1. The SMILES string of the molecule is CCN(CC)CCN1C(=O)C(O)(c2ccc3ccccc3c2)c2c1cc(C#N)cc2C(F)(F)F. The van der Waals surface area contributed by atoms with Crippen LogP contribution in [0.4, 0.5) is 18.9 Å². The molecule has 0 saturated heterocycles. The van der Waals surface area contributed by atoms with E-state index in [0.717, 1.165) is 5.39 Å². The highest BCUT2D eigenvalue weighted by molar-refractivity contribution is 6.10. The van der Waals surface area contributed by atoms with Crippen molar-refractivity contribution in [2.24, 2.45) is 0 Å². The van der Waals surface area contributed by atoms with Crippen LogP contribution in [0.15, 0.2) is 54.6 Å². The van der Waals surface area contributed by atoms with Gasteiger partial charge in [-0.05, 0) is 47.6 Å². The first-order valence-electron chi connectivity index (χ1n) is 11.1. The number of hydrogen-bond donors (Lipinski definition) is 1. The maximum atomic E-state index is 14.2. The maximum Gasteiger partial charge on any atom is 0.416 e. The largest absolute Gasteiger partial charge is 0.416 e. The second kappa shape index (κ2) is 8.75. The van der Waals surface area contributed by atoms with Crippen molar-refractivity contribution in [2.45, 2.75) is 25.6 Å². The summed E-state index contributed by atoms with van der Waals surface area (Å²) in [6, 6.07) is 15.6. The summed E-state index contributed by atoms with van der Waals surface area (Å²) in [5.41, 5.74) is -4.51. The maximum absolute atomic E-state index is 14.2. The van der Waals surface area contributed by atoms with Gasteiger partial charge in [-0.25, -0.2) is 0 Å². The van der Waals surface area contributed by atoms with Crippen molar-refractivity contribution in [3.05, 3.63) is 76.9 Å². The summed E-state index contributed by atoms with van der Waals surface area (Å²) < 4.78 is 42.6. The quantitative estimate of drug-likeness (QED) is 0.573. The molecule has 0 spiro atoms. The zero-order valence-electron chi connectivity index (χ0n) is 18.9. The van der Waals surface area contributed by atoms with Crippen molar-refractivity contribution in [3.8, 4) is 6.07 Å². The summed E-state index contributed by atoms with van der Waals surface area (Å²) in [6.07, 6.45) is -4.88. The number of amides is 1. The predicted molar refractivity (Wildman–Crippen MR) is 123 cm³/mol. The Labute approximate surface area is 195 Å². The summed E-state index contributed by atoms with van der Waals surface area (Å²) in [4.78, 5) is 16.9. The average molecular weight is 467 g/mol. The standard InChI is InChI=1S/C26H24F3N3O2/c1-3-31(4-2)11-12-32-22-14-17(16-30)13-21(26(27,28)29)23(22)25(34,24(32)33)20-10-9-18-7-5-6-8-19(18)15-20/h5-10,13-15,34H,3-4,11-12H2,1-2H3. The molecular formula is C26H24F3N3O2. The van der Waals surface area contributed by atoms with E-state index in [1.165, 1.54) is 17.0 Å². The van der Waals surface area contributed by atoms with E-state index >= 15 is 0 Å². The van der Waals surface area contributed by atoms with Crippen molar-refractivity contribution in [1.29, 1.82) is 5.26 Å². The fourth-order valence-electron chi connectivity index (χ4n) is 4.61. The van der Waals surface area contributed by atoms with Gasteiger partial charge in [0.05, 0.1) is 22.9 Å². The van der Waals surface area contributed by atoms with Gasteiger partial charge >= 0.3 is 6.18 Å². The Kier molecular flexibility index (Phi) is 6.11. The molecule has 1 amide bonds. The van der Waals surface area contributed by atoms with E-state index in [1.54, 1.807) is 30.3 Å². The lowest BCUT2D eigenvalue weighted by Gasteiger charge is -2.26. The minimum Gasteiger partial charge on any atom is -0.372 e. The lowest BCUT2D eigenvalue weighted by molar-refractivity contribution is -0.142. The number of carbonyl (C=O) groups is 1. The van der Waals surface area contributed by atoms with Gasteiger partial charge in [0.1, 0.15) is 0 Å². The van der Waals surface area contributed by atoms with Gasteiger partial charge in [-0.15, -0.1) is 0 Å². The molecule has 1 N–H and O–H groups in total. The van der Waals surface area contributed by atoms with Gasteiger partial charge in [-0.1, -0.05) is 50.2 Å². The number of anilines is 1. The van der Waals surface area contributed by atoms with Gasteiger partial charge in [-0.3, -0.25) is 4.79 Å². The Balaban J connectivity index is 1.96. The molecule has 1 atom stereocenters. The van der Waals surface area contributed by atoms with Crippen LogP contribution < -0.4 is 4.90 Å². The summed E-state index contributed by atoms with van der Waals surface area (Å²) in [5.74, 6) is -0.856. The molecule has 0 bridgehead atoms. The monoisotopic (exact) mass is 467 g/mol. The van der Waals surface area contributed by atoms with Crippen LogP contribution in [0, 0.1) is 11.3 Å². The van der Waals surface area contributed by atoms with Crippen molar-refractivity contribution < 1.29 is 23.1 Å². The van der Waals surface area contributed by atoms with Gasteiger partial charge in [0.2, 0.25) is 0 Å². The molecule has 1 aliphatic rings. The highest BCUT2D eigenvalue weighted by atomic mass is 19.4. The first kappa shape index (κ1) is 23.7. The van der Waals surface area contributed by atoms with E-state index in [4.69, 9.17) is 0 Å². The Morgan fingerprint density at radius 1 is 1.06 bits per heavy atom. The number of fused-ring (bicyclic) bond motifs is 2. The first-order valence-corrected chi connectivity index (χ1v) is 11.1. The van der Waals surface area contributed by atoms with Crippen molar-refractivity contribution in [1.82, 2.24) is 4.90 Å². The molecule has 0 radical (unpaired) electrons. The number of nitrogens with zero attached hydrogens (tertiary/aromatic N) is 3. The number of benzene rings is 3. The lowest BCUT2D eigenvalue weighted by Crippen LogP contribution is -2.44. The average Bonchev–Trinajstić information content (AvgIpc) is 3.05. The number of hydrogen-bond acceptors (Lipinski definition) is 4. The van der Waals surface area contributed by atoms with Crippen LogP contribution in [-0.2, 0) is 16.6 Å². The minimum atomic E-state index is -4.88. The van der Waals surface area contributed by atoms with E-state index in [1.807, 2.05) is 30.9 Å². The molecule has 4 rings (SSSR count). The Hall–Kier alpha value is -3.41. The third-order valence-electron chi connectivity index (χ3n) is 6.46. The van der Waals surface area contributed by atoms with Gasteiger partial charge in [0, 0.05) is 18.7 Å². The zero-order valence-corrected chi connectivity index (χ0v) is 18.9. The van der Waals surface area contributed by atoms with Crippen LogP contribution >= 0.6 is 0 Å². The molecule has 0 aromatic heterocycles.